The Morgan fingerprint density at radius 1 is 0.909 bits per heavy atom. The van der Waals surface area contributed by atoms with Crippen LogP contribution in [-0.4, -0.2) is 25.5 Å². The van der Waals surface area contributed by atoms with E-state index in [1.165, 1.54) is 34.4 Å². The van der Waals surface area contributed by atoms with Gasteiger partial charge in [0, 0.05) is 16.1 Å². The molecule has 1 nitrogen and oxygen atoms in total. The summed E-state index contributed by atoms with van der Waals surface area (Å²) in [5.74, 6) is 0.485. The Morgan fingerprint density at radius 3 is 2.27 bits per heavy atom. The first-order valence-corrected chi connectivity index (χ1v) is 9.04. The van der Waals surface area contributed by atoms with Crippen molar-refractivity contribution in [1.82, 2.24) is 4.90 Å². The molecule has 0 aromatic heterocycles. The fourth-order valence-electron chi connectivity index (χ4n) is 3.34. The van der Waals surface area contributed by atoms with Gasteiger partial charge in [-0.15, -0.1) is 11.8 Å². The van der Waals surface area contributed by atoms with E-state index in [2.05, 4.69) is 86.2 Å². The van der Waals surface area contributed by atoms with Gasteiger partial charge < -0.3 is 4.90 Å². The number of thioether (sulfide) groups is 1. The van der Waals surface area contributed by atoms with Gasteiger partial charge in [0.05, 0.1) is 0 Å². The van der Waals surface area contributed by atoms with E-state index in [1.807, 2.05) is 0 Å². The molecule has 3 rings (SSSR count). The molecule has 0 bridgehead atoms. The molecule has 0 saturated carbocycles. The third-order valence-electron chi connectivity index (χ3n) is 4.54. The first-order chi connectivity index (χ1) is 10.7. The maximum Gasteiger partial charge on any atom is 0.0348 e. The Labute approximate surface area is 138 Å². The van der Waals surface area contributed by atoms with Gasteiger partial charge in [0.2, 0.25) is 0 Å². The predicted octanol–water partition coefficient (Wildman–Crippen LogP) is 5.33. The normalized spacial score (nSPS) is 20.4. The van der Waals surface area contributed by atoms with Gasteiger partial charge in [-0.1, -0.05) is 49.4 Å². The van der Waals surface area contributed by atoms with Crippen LogP contribution in [0.3, 0.4) is 0 Å². The van der Waals surface area contributed by atoms with Crippen LogP contribution in [0.15, 0.2) is 53.4 Å². The smallest absolute Gasteiger partial charge is 0.0348 e. The largest absolute Gasteiger partial charge is 0.309 e. The van der Waals surface area contributed by atoms with Crippen molar-refractivity contribution < 1.29 is 0 Å². The molecule has 1 heterocycles. The van der Waals surface area contributed by atoms with Gasteiger partial charge in [-0.25, -0.2) is 0 Å². The lowest BCUT2D eigenvalue weighted by molar-refractivity contribution is 0.393. The molecule has 1 aliphatic heterocycles. The molecule has 0 amide bonds. The highest BCUT2D eigenvalue weighted by molar-refractivity contribution is 7.99. The topological polar surface area (TPSA) is 3.24 Å². The van der Waals surface area contributed by atoms with Crippen LogP contribution in [0.1, 0.15) is 47.6 Å². The number of hydrogen-bond donors (Lipinski definition) is 0. The predicted molar refractivity (Wildman–Crippen MR) is 96.8 cm³/mol. The molecule has 0 radical (unpaired) electrons. The van der Waals surface area contributed by atoms with Gasteiger partial charge in [0.25, 0.3) is 0 Å². The van der Waals surface area contributed by atoms with Crippen LogP contribution >= 0.6 is 11.8 Å². The summed E-state index contributed by atoms with van der Waals surface area (Å²) in [6.07, 6.45) is 2.48. The van der Waals surface area contributed by atoms with Crippen molar-refractivity contribution in [2.75, 3.05) is 20.6 Å². The molecule has 0 N–H and O–H groups in total. The van der Waals surface area contributed by atoms with Gasteiger partial charge in [-0.2, -0.15) is 0 Å². The van der Waals surface area contributed by atoms with E-state index in [4.69, 9.17) is 0 Å². The summed E-state index contributed by atoms with van der Waals surface area (Å²) in [5, 5.41) is 0.572. The van der Waals surface area contributed by atoms with E-state index in [0.717, 1.165) is 6.54 Å². The fourth-order valence-corrected chi connectivity index (χ4v) is 4.81. The second kappa shape index (κ2) is 6.89. The van der Waals surface area contributed by atoms with Crippen LogP contribution in [0, 0.1) is 0 Å². The van der Waals surface area contributed by atoms with Gasteiger partial charge >= 0.3 is 0 Å². The third kappa shape index (κ3) is 3.23. The van der Waals surface area contributed by atoms with Crippen molar-refractivity contribution >= 4 is 11.8 Å². The average Bonchev–Trinajstić information content (AvgIpc) is 2.64. The number of rotatable bonds is 4. The molecule has 2 heteroatoms. The molecule has 2 aromatic carbocycles. The van der Waals surface area contributed by atoms with E-state index >= 15 is 0 Å². The zero-order chi connectivity index (χ0) is 15.5. The average molecular weight is 311 g/mol. The summed E-state index contributed by atoms with van der Waals surface area (Å²) in [5.41, 5.74) is 4.53. The minimum Gasteiger partial charge on any atom is -0.309 e. The minimum absolute atomic E-state index is 0.485. The maximum atomic E-state index is 2.35. The van der Waals surface area contributed by atoms with Crippen LogP contribution in [0.25, 0.3) is 0 Å². The number of benzene rings is 2. The molecule has 2 atom stereocenters. The van der Waals surface area contributed by atoms with E-state index in [-0.39, 0.29) is 0 Å². The fraction of sp³-hybridized carbons (Fsp3) is 0.400. The molecule has 0 aliphatic carbocycles. The zero-order valence-electron chi connectivity index (χ0n) is 13.8. The van der Waals surface area contributed by atoms with E-state index in [9.17, 15) is 0 Å². The summed E-state index contributed by atoms with van der Waals surface area (Å²) in [6, 6.07) is 18.0. The second-order valence-electron chi connectivity index (χ2n) is 6.44. The first-order valence-electron chi connectivity index (χ1n) is 8.16. The molecule has 1 aliphatic rings. The van der Waals surface area contributed by atoms with Crippen LogP contribution < -0.4 is 0 Å². The molecule has 2 aromatic rings. The van der Waals surface area contributed by atoms with Gasteiger partial charge in [-0.05, 0) is 56.2 Å². The molecular formula is C20H25NS. The highest BCUT2D eigenvalue weighted by Gasteiger charge is 2.26. The molecule has 0 spiro atoms. The lowest BCUT2D eigenvalue weighted by Gasteiger charge is -2.19. The van der Waals surface area contributed by atoms with Gasteiger partial charge in [-0.3, -0.25) is 0 Å². The van der Waals surface area contributed by atoms with Crippen molar-refractivity contribution in [3.63, 3.8) is 0 Å². The van der Waals surface area contributed by atoms with Gasteiger partial charge in [0.15, 0.2) is 0 Å². The van der Waals surface area contributed by atoms with Crippen LogP contribution in [-0.2, 0) is 0 Å². The van der Waals surface area contributed by atoms with Crippen molar-refractivity contribution in [1.29, 1.82) is 0 Å². The zero-order valence-corrected chi connectivity index (χ0v) is 14.6. The number of hydrogen-bond acceptors (Lipinski definition) is 2. The monoisotopic (exact) mass is 311 g/mol. The van der Waals surface area contributed by atoms with E-state index in [1.54, 1.807) is 0 Å². The summed E-state index contributed by atoms with van der Waals surface area (Å²) < 4.78 is 0. The first kappa shape index (κ1) is 15.6. The van der Waals surface area contributed by atoms with Crippen LogP contribution in [0.2, 0.25) is 0 Å². The van der Waals surface area contributed by atoms with Crippen LogP contribution in [0.5, 0.6) is 0 Å². The van der Waals surface area contributed by atoms with Crippen molar-refractivity contribution in [2.45, 2.75) is 35.8 Å². The lowest BCUT2D eigenvalue weighted by Crippen LogP contribution is -2.13. The van der Waals surface area contributed by atoms with E-state index in [0.29, 0.717) is 11.2 Å². The Morgan fingerprint density at radius 2 is 1.55 bits per heavy atom. The van der Waals surface area contributed by atoms with Crippen molar-refractivity contribution in [3.8, 4) is 0 Å². The number of nitrogens with zero attached hydrogens (tertiary/aromatic N) is 1. The summed E-state index contributed by atoms with van der Waals surface area (Å²) in [4.78, 5) is 3.74. The third-order valence-corrected chi connectivity index (χ3v) is 5.94. The standard InChI is InChI=1S/C20H25NS/c1-15-16-9-4-5-11-18(16)20(13-8-14-21(2)3)22-19-12-7-6-10-17(15)19/h4-7,9-12,15,20H,8,13-14H2,1-3H3/t15-,20+/m1/s1. The highest BCUT2D eigenvalue weighted by Crippen LogP contribution is 2.48. The Hall–Kier alpha value is -1.25. The van der Waals surface area contributed by atoms with E-state index < -0.39 is 0 Å². The minimum atomic E-state index is 0.485. The summed E-state index contributed by atoms with van der Waals surface area (Å²) in [7, 11) is 4.32. The molecule has 116 valence electrons. The van der Waals surface area contributed by atoms with Crippen molar-refractivity contribution in [2.24, 2.45) is 0 Å². The Bertz CT molecular complexity index is 635. The summed E-state index contributed by atoms with van der Waals surface area (Å²) in [6.45, 7) is 3.51. The second-order valence-corrected chi connectivity index (χ2v) is 7.68. The molecule has 0 saturated heterocycles. The molecule has 0 fully saturated rings. The SMILES string of the molecule is C[C@H]1c2ccccc2S[C@@H](CCCN(C)C)c2ccccc21. The Balaban J connectivity index is 1.95. The number of fused-ring (bicyclic) bond motifs is 2. The molecular weight excluding hydrogens is 286 g/mol. The van der Waals surface area contributed by atoms with Crippen LogP contribution in [0.4, 0.5) is 0 Å². The maximum absolute atomic E-state index is 2.35. The summed E-state index contributed by atoms with van der Waals surface area (Å²) >= 11 is 2.06. The molecule has 0 unspecified atom stereocenters. The molecule has 22 heavy (non-hydrogen) atoms. The van der Waals surface area contributed by atoms with Gasteiger partial charge in [0.1, 0.15) is 0 Å². The lowest BCUT2D eigenvalue weighted by atomic mass is 9.88. The highest BCUT2D eigenvalue weighted by atomic mass is 32.2. The Kier molecular flexibility index (Phi) is 4.90. The van der Waals surface area contributed by atoms with Crippen molar-refractivity contribution in [3.05, 3.63) is 65.2 Å². The quantitative estimate of drug-likeness (QED) is 0.751.